The van der Waals surface area contributed by atoms with E-state index < -0.39 is 5.97 Å². The summed E-state index contributed by atoms with van der Waals surface area (Å²) in [6.07, 6.45) is 4.69. The van der Waals surface area contributed by atoms with Crippen LogP contribution in [0.1, 0.15) is 52.0 Å². The number of thiazole rings is 1. The molecule has 1 saturated heterocycles. The highest BCUT2D eigenvalue weighted by Crippen LogP contribution is 2.37. The molecule has 1 saturated carbocycles. The summed E-state index contributed by atoms with van der Waals surface area (Å²) in [7, 11) is 1.75. The van der Waals surface area contributed by atoms with E-state index in [0.717, 1.165) is 15.6 Å². The van der Waals surface area contributed by atoms with E-state index in [-0.39, 0.29) is 18.6 Å². The summed E-state index contributed by atoms with van der Waals surface area (Å²) in [6.45, 7) is 3.90. The number of carboxylic acid groups (broad SMARTS) is 1. The molecule has 1 amide bonds. The van der Waals surface area contributed by atoms with Gasteiger partial charge in [-0.3, -0.25) is 14.5 Å². The lowest BCUT2D eigenvalue weighted by molar-refractivity contribution is -0.138. The fraction of sp³-hybridized carbons (Fsp3) is 0.722. The summed E-state index contributed by atoms with van der Waals surface area (Å²) in [4.78, 5) is 32.7. The van der Waals surface area contributed by atoms with Crippen LogP contribution in [0.15, 0.2) is 0 Å². The van der Waals surface area contributed by atoms with Crippen LogP contribution in [0, 0.1) is 6.92 Å². The van der Waals surface area contributed by atoms with E-state index in [2.05, 4.69) is 4.98 Å². The topological polar surface area (TPSA) is 83.0 Å². The molecule has 1 aliphatic heterocycles. The average molecular weight is 381 g/mol. The summed E-state index contributed by atoms with van der Waals surface area (Å²) >= 11 is 1.55. The number of ether oxygens (including phenoxy) is 1. The van der Waals surface area contributed by atoms with Gasteiger partial charge in [0.25, 0.3) is 5.91 Å². The van der Waals surface area contributed by atoms with E-state index in [1.807, 2.05) is 11.8 Å². The van der Waals surface area contributed by atoms with E-state index >= 15 is 0 Å². The maximum atomic E-state index is 13.0. The number of aryl methyl sites for hydroxylation is 1. The fourth-order valence-corrected chi connectivity index (χ4v) is 4.97. The van der Waals surface area contributed by atoms with Gasteiger partial charge in [-0.2, -0.15) is 0 Å². The monoisotopic (exact) mass is 381 g/mol. The van der Waals surface area contributed by atoms with Gasteiger partial charge in [0.05, 0.1) is 30.0 Å². The molecule has 1 aromatic heterocycles. The van der Waals surface area contributed by atoms with E-state index in [1.165, 1.54) is 25.7 Å². The van der Waals surface area contributed by atoms with Crippen molar-refractivity contribution in [2.75, 3.05) is 39.8 Å². The van der Waals surface area contributed by atoms with E-state index in [9.17, 15) is 9.59 Å². The number of rotatable bonds is 6. The van der Waals surface area contributed by atoms with Crippen LogP contribution in [0.5, 0.6) is 0 Å². The van der Waals surface area contributed by atoms with Crippen LogP contribution in [-0.2, 0) is 9.53 Å². The van der Waals surface area contributed by atoms with Crippen molar-refractivity contribution in [2.45, 2.75) is 44.6 Å². The number of likely N-dealkylation sites (N-methyl/N-ethyl adjacent to an activating group) is 1. The maximum absolute atomic E-state index is 13.0. The SMILES string of the molecule is Cc1nc(C2CCCC2)sc1C(=O)N1CCO[C@@H](CN(C)CC(=O)O)C1. The Hall–Kier alpha value is -1.51. The number of amides is 1. The summed E-state index contributed by atoms with van der Waals surface area (Å²) in [5.74, 6) is -0.322. The Morgan fingerprint density at radius 2 is 2.12 bits per heavy atom. The van der Waals surface area contributed by atoms with Gasteiger partial charge in [0.2, 0.25) is 0 Å². The Morgan fingerprint density at radius 3 is 2.81 bits per heavy atom. The second-order valence-corrected chi connectivity index (χ2v) is 8.31. The third-order valence-corrected chi connectivity index (χ3v) is 6.37. The Labute approximate surface area is 158 Å². The first-order chi connectivity index (χ1) is 12.4. The normalized spacial score (nSPS) is 21.5. The van der Waals surface area contributed by atoms with Crippen molar-refractivity contribution in [1.29, 1.82) is 0 Å². The average Bonchev–Trinajstić information content (AvgIpc) is 3.23. The van der Waals surface area contributed by atoms with Crippen LogP contribution >= 0.6 is 11.3 Å². The molecule has 2 heterocycles. The molecule has 1 atom stereocenters. The highest BCUT2D eigenvalue weighted by molar-refractivity contribution is 7.13. The zero-order valence-electron chi connectivity index (χ0n) is 15.4. The standard InChI is InChI=1S/C18H27N3O4S/c1-12-16(26-17(19-12)13-5-3-4-6-13)18(24)21-7-8-25-14(10-21)9-20(2)11-15(22)23/h13-14H,3-11H2,1-2H3,(H,22,23)/t14-/m0/s1. The zero-order valence-corrected chi connectivity index (χ0v) is 16.3. The Morgan fingerprint density at radius 1 is 1.38 bits per heavy atom. The van der Waals surface area contributed by atoms with Gasteiger partial charge in [-0.25, -0.2) is 4.98 Å². The lowest BCUT2D eigenvalue weighted by atomic mass is 10.1. The molecule has 144 valence electrons. The van der Waals surface area contributed by atoms with E-state index in [0.29, 0.717) is 32.2 Å². The van der Waals surface area contributed by atoms with Gasteiger partial charge in [-0.15, -0.1) is 11.3 Å². The van der Waals surface area contributed by atoms with Gasteiger partial charge in [-0.05, 0) is 26.8 Å². The minimum absolute atomic E-state index is 0.0263. The molecule has 7 nitrogen and oxygen atoms in total. The van der Waals surface area contributed by atoms with E-state index in [4.69, 9.17) is 9.84 Å². The van der Waals surface area contributed by atoms with Crippen LogP contribution in [0.4, 0.5) is 0 Å². The van der Waals surface area contributed by atoms with Crippen molar-refractivity contribution < 1.29 is 19.4 Å². The van der Waals surface area contributed by atoms with Crippen molar-refractivity contribution in [2.24, 2.45) is 0 Å². The van der Waals surface area contributed by atoms with Crippen LogP contribution < -0.4 is 0 Å². The number of nitrogens with zero attached hydrogens (tertiary/aromatic N) is 3. The van der Waals surface area contributed by atoms with Crippen molar-refractivity contribution in [3.05, 3.63) is 15.6 Å². The lowest BCUT2D eigenvalue weighted by Gasteiger charge is -2.34. The van der Waals surface area contributed by atoms with Gasteiger partial charge in [-0.1, -0.05) is 12.8 Å². The van der Waals surface area contributed by atoms with E-state index in [1.54, 1.807) is 23.3 Å². The van der Waals surface area contributed by atoms with Gasteiger partial charge in [0.1, 0.15) is 4.88 Å². The minimum atomic E-state index is -0.865. The molecule has 3 rings (SSSR count). The Balaban J connectivity index is 1.63. The van der Waals surface area contributed by atoms with Gasteiger partial charge >= 0.3 is 5.97 Å². The van der Waals surface area contributed by atoms with Crippen LogP contribution in [0.25, 0.3) is 0 Å². The molecule has 1 N–H and O–H groups in total. The Bertz CT molecular complexity index is 657. The maximum Gasteiger partial charge on any atom is 0.317 e. The fourth-order valence-electron chi connectivity index (χ4n) is 3.76. The number of carboxylic acids is 1. The summed E-state index contributed by atoms with van der Waals surface area (Å²) in [5, 5.41) is 9.98. The molecule has 0 unspecified atom stereocenters. The smallest absolute Gasteiger partial charge is 0.317 e. The highest BCUT2D eigenvalue weighted by Gasteiger charge is 2.30. The number of carbonyl (C=O) groups excluding carboxylic acids is 1. The molecule has 0 radical (unpaired) electrons. The van der Waals surface area contributed by atoms with Gasteiger partial charge in [0.15, 0.2) is 0 Å². The molecule has 2 aliphatic rings. The molecule has 1 aromatic rings. The summed E-state index contributed by atoms with van der Waals surface area (Å²) in [6, 6.07) is 0. The van der Waals surface area contributed by atoms with Crippen molar-refractivity contribution in [3.8, 4) is 0 Å². The third kappa shape index (κ3) is 4.61. The minimum Gasteiger partial charge on any atom is -0.480 e. The van der Waals surface area contributed by atoms with Crippen molar-refractivity contribution in [1.82, 2.24) is 14.8 Å². The second-order valence-electron chi connectivity index (χ2n) is 7.28. The van der Waals surface area contributed by atoms with Crippen LogP contribution in [0.3, 0.4) is 0 Å². The predicted molar refractivity (Wildman–Crippen MR) is 98.8 cm³/mol. The summed E-state index contributed by atoms with van der Waals surface area (Å²) in [5.41, 5.74) is 0.827. The molecule has 2 fully saturated rings. The lowest BCUT2D eigenvalue weighted by Crippen LogP contribution is -2.49. The molecule has 0 aromatic carbocycles. The number of hydrogen-bond acceptors (Lipinski definition) is 6. The van der Waals surface area contributed by atoms with Crippen LogP contribution in [0.2, 0.25) is 0 Å². The molecule has 0 bridgehead atoms. The molecule has 1 aliphatic carbocycles. The third-order valence-electron chi connectivity index (χ3n) is 5.06. The quantitative estimate of drug-likeness (QED) is 0.811. The summed E-state index contributed by atoms with van der Waals surface area (Å²) < 4.78 is 5.72. The molecular formula is C18H27N3O4S. The van der Waals surface area contributed by atoms with Crippen molar-refractivity contribution in [3.63, 3.8) is 0 Å². The first-order valence-electron chi connectivity index (χ1n) is 9.22. The first kappa shape index (κ1) is 19.3. The number of hydrogen-bond donors (Lipinski definition) is 1. The highest BCUT2D eigenvalue weighted by atomic mass is 32.1. The first-order valence-corrected chi connectivity index (χ1v) is 10.0. The largest absolute Gasteiger partial charge is 0.480 e. The number of aliphatic carboxylic acids is 1. The zero-order chi connectivity index (χ0) is 18.7. The molecule has 0 spiro atoms. The predicted octanol–water partition coefficient (Wildman–Crippen LogP) is 1.97. The van der Waals surface area contributed by atoms with Gasteiger partial charge in [0, 0.05) is 25.6 Å². The van der Waals surface area contributed by atoms with Gasteiger partial charge < -0.3 is 14.7 Å². The van der Waals surface area contributed by atoms with Crippen LogP contribution in [-0.4, -0.2) is 77.7 Å². The second kappa shape index (κ2) is 8.45. The number of carbonyl (C=O) groups is 2. The molecule has 26 heavy (non-hydrogen) atoms. The van der Waals surface area contributed by atoms with Crippen molar-refractivity contribution >= 4 is 23.2 Å². The number of morpholine rings is 1. The Kier molecular flexibility index (Phi) is 6.26. The molecular weight excluding hydrogens is 354 g/mol. The molecule has 8 heteroatoms. The number of aromatic nitrogens is 1.